The molecule has 0 fully saturated rings. The van der Waals surface area contributed by atoms with Gasteiger partial charge in [-0.3, -0.25) is 0 Å². The van der Waals surface area contributed by atoms with Crippen molar-refractivity contribution in [3.05, 3.63) is 35.4 Å². The third-order valence-electron chi connectivity index (χ3n) is 2.13. The number of hydrogen-bond acceptors (Lipinski definition) is 2. The van der Waals surface area contributed by atoms with Crippen LogP contribution in [0.3, 0.4) is 0 Å². The van der Waals surface area contributed by atoms with Gasteiger partial charge in [-0.05, 0) is 35.8 Å². The van der Waals surface area contributed by atoms with Gasteiger partial charge in [0, 0.05) is 0 Å². The predicted octanol–water partition coefficient (Wildman–Crippen LogP) is 2.95. The number of hydrogen-bond donors (Lipinski definition) is 2. The minimum atomic E-state index is -2.80. The van der Waals surface area contributed by atoms with E-state index < -0.39 is 5.69 Å². The van der Waals surface area contributed by atoms with Gasteiger partial charge in [0.05, 0.1) is 6.61 Å². The van der Waals surface area contributed by atoms with Crippen molar-refractivity contribution >= 4 is 29.7 Å². The largest absolute Gasteiger partial charge is 0.338 e. The fourth-order valence-electron chi connectivity index (χ4n) is 1.42. The Labute approximate surface area is 101 Å². The normalized spacial score (nSPS) is 14.9. The van der Waals surface area contributed by atoms with Crippen LogP contribution < -0.4 is 0 Å². The van der Waals surface area contributed by atoms with Crippen molar-refractivity contribution in [3.8, 4) is 0 Å². The Morgan fingerprint density at radius 3 is 2.53 bits per heavy atom. The molecule has 5 heteroatoms. The van der Waals surface area contributed by atoms with Crippen molar-refractivity contribution in [2.45, 2.75) is 19.8 Å². The van der Waals surface area contributed by atoms with E-state index >= 15 is 0 Å². The second-order valence-corrected chi connectivity index (χ2v) is 8.36. The average Bonchev–Trinajstić information content (AvgIpc) is 2.16. The maximum Gasteiger partial charge on any atom is 0.241 e. The van der Waals surface area contributed by atoms with Crippen molar-refractivity contribution < 1.29 is 9.42 Å². The number of rotatable bonds is 5. The maximum atomic E-state index is 9.19. The van der Waals surface area contributed by atoms with Crippen LogP contribution in [0.5, 0.6) is 0 Å². The van der Waals surface area contributed by atoms with Gasteiger partial charge in [-0.1, -0.05) is 43.4 Å². The first-order valence-corrected chi connectivity index (χ1v) is 8.62. The van der Waals surface area contributed by atoms with Crippen molar-refractivity contribution in [1.29, 1.82) is 0 Å². The first-order valence-electron chi connectivity index (χ1n) is 4.80. The molecule has 1 rings (SSSR count). The van der Waals surface area contributed by atoms with Gasteiger partial charge in [-0.25, -0.2) is 0 Å². The van der Waals surface area contributed by atoms with E-state index in [1.54, 1.807) is 0 Å². The third kappa shape index (κ3) is 5.14. The highest BCUT2D eigenvalue weighted by Crippen LogP contribution is 2.47. The molecule has 0 aliphatic heterocycles. The molecule has 0 aromatic heterocycles. The molecule has 0 bridgehead atoms. The summed E-state index contributed by atoms with van der Waals surface area (Å²) in [5, 5.41) is 0. The minimum Gasteiger partial charge on any atom is -0.338 e. The van der Waals surface area contributed by atoms with E-state index in [2.05, 4.69) is 43.1 Å². The lowest BCUT2D eigenvalue weighted by Gasteiger charge is -2.10. The molecule has 1 aromatic carbocycles. The van der Waals surface area contributed by atoms with Crippen molar-refractivity contribution in [2.24, 2.45) is 0 Å². The van der Waals surface area contributed by atoms with Crippen LogP contribution in [0.4, 0.5) is 0 Å². The van der Waals surface area contributed by atoms with E-state index in [1.807, 2.05) is 12.1 Å². The Kier molecular flexibility index (Phi) is 5.30. The van der Waals surface area contributed by atoms with Gasteiger partial charge >= 0.3 is 0 Å². The zero-order chi connectivity index (χ0) is 11.3. The monoisotopic (exact) mass is 262 g/mol. The molecule has 0 amide bonds. The summed E-state index contributed by atoms with van der Waals surface area (Å²) in [6.07, 6.45) is 1.77. The topological polar surface area (TPSA) is 29.5 Å². The second-order valence-electron chi connectivity index (χ2n) is 3.20. The van der Waals surface area contributed by atoms with Crippen LogP contribution in [0.25, 0.3) is 0 Å². The zero-order valence-electron chi connectivity index (χ0n) is 8.59. The van der Waals surface area contributed by atoms with Crippen molar-refractivity contribution in [3.63, 3.8) is 0 Å². The minimum absolute atomic E-state index is 0.425. The van der Waals surface area contributed by atoms with Crippen LogP contribution in [0.2, 0.25) is 0 Å². The third-order valence-corrected chi connectivity index (χ3v) is 3.31. The lowest BCUT2D eigenvalue weighted by molar-refractivity contribution is 0.324. The van der Waals surface area contributed by atoms with E-state index in [9.17, 15) is 4.89 Å². The molecule has 0 radical (unpaired) electrons. The van der Waals surface area contributed by atoms with Crippen LogP contribution >= 0.6 is 17.9 Å². The first kappa shape index (κ1) is 13.2. The number of benzene rings is 1. The lowest BCUT2D eigenvalue weighted by atomic mass is 10.0. The summed E-state index contributed by atoms with van der Waals surface area (Å²) in [4.78, 5) is 9.19. The van der Waals surface area contributed by atoms with E-state index in [0.717, 1.165) is 12.8 Å². The predicted molar refractivity (Wildman–Crippen MR) is 71.0 cm³/mol. The summed E-state index contributed by atoms with van der Waals surface area (Å²) in [7, 11) is 0. The molecule has 1 atom stereocenters. The number of thiol groups is 1. The van der Waals surface area contributed by atoms with Gasteiger partial charge < -0.3 is 9.42 Å². The van der Waals surface area contributed by atoms with Crippen LogP contribution in [0.1, 0.15) is 18.1 Å². The van der Waals surface area contributed by atoms with Gasteiger partial charge in [0.1, 0.15) is 0 Å². The summed E-state index contributed by atoms with van der Waals surface area (Å²) >= 11 is 8.48. The maximum absolute atomic E-state index is 9.19. The first-order chi connectivity index (χ1) is 7.03. The highest BCUT2D eigenvalue weighted by molar-refractivity contribution is 8.59. The second kappa shape index (κ2) is 6.02. The SMILES string of the molecule is CCc1ccccc1CCOP(O)(=S)S. The molecule has 0 aliphatic rings. The van der Waals surface area contributed by atoms with Crippen LogP contribution in [0, 0.1) is 0 Å². The van der Waals surface area contributed by atoms with Gasteiger partial charge in [0.25, 0.3) is 0 Å². The Morgan fingerprint density at radius 1 is 1.40 bits per heavy atom. The molecule has 1 aromatic rings. The lowest BCUT2D eigenvalue weighted by Crippen LogP contribution is -1.98. The van der Waals surface area contributed by atoms with Crippen LogP contribution in [-0.4, -0.2) is 11.5 Å². The van der Waals surface area contributed by atoms with Gasteiger partial charge in [-0.2, -0.15) is 0 Å². The molecular weight excluding hydrogens is 247 g/mol. The molecule has 0 saturated carbocycles. The zero-order valence-corrected chi connectivity index (χ0v) is 11.2. The fraction of sp³-hybridized carbons (Fsp3) is 0.400. The van der Waals surface area contributed by atoms with Crippen LogP contribution in [-0.2, 0) is 29.2 Å². The van der Waals surface area contributed by atoms with Crippen molar-refractivity contribution in [1.82, 2.24) is 0 Å². The summed E-state index contributed by atoms with van der Waals surface area (Å²) in [6.45, 7) is 2.54. The summed E-state index contributed by atoms with van der Waals surface area (Å²) < 4.78 is 5.08. The Balaban J connectivity index is 2.54. The molecular formula is C10H15O2PS2. The Morgan fingerprint density at radius 2 is 2.00 bits per heavy atom. The molecule has 1 N–H and O–H groups in total. The molecule has 1 unspecified atom stereocenters. The van der Waals surface area contributed by atoms with Crippen molar-refractivity contribution in [2.75, 3.05) is 6.61 Å². The molecule has 84 valence electrons. The van der Waals surface area contributed by atoms with E-state index in [0.29, 0.717) is 6.61 Å². The van der Waals surface area contributed by atoms with E-state index in [1.165, 1.54) is 11.1 Å². The van der Waals surface area contributed by atoms with Gasteiger partial charge in [0.15, 0.2) is 0 Å². The number of aryl methyl sites for hydroxylation is 1. The van der Waals surface area contributed by atoms with Crippen LogP contribution in [0.15, 0.2) is 24.3 Å². The fourth-order valence-corrected chi connectivity index (χ4v) is 2.22. The Bertz CT molecular complexity index is 362. The molecule has 0 aliphatic carbocycles. The summed E-state index contributed by atoms with van der Waals surface area (Å²) in [5.74, 6) is 0. The van der Waals surface area contributed by atoms with E-state index in [4.69, 9.17) is 4.52 Å². The quantitative estimate of drug-likeness (QED) is 0.631. The highest BCUT2D eigenvalue weighted by atomic mass is 32.9. The summed E-state index contributed by atoms with van der Waals surface area (Å²) in [5.41, 5.74) is -0.240. The standard InChI is InChI=1S/C10H15O2PS2/c1-2-9-5-3-4-6-10(9)7-8-12-13(11,14)15/h3-6H,2,7-8H2,1H3,(H2,11,14,15). The molecule has 2 nitrogen and oxygen atoms in total. The summed E-state index contributed by atoms with van der Waals surface area (Å²) in [6, 6.07) is 8.20. The molecule has 15 heavy (non-hydrogen) atoms. The van der Waals surface area contributed by atoms with Gasteiger partial charge in [0.2, 0.25) is 5.69 Å². The van der Waals surface area contributed by atoms with Gasteiger partial charge in [-0.15, -0.1) is 0 Å². The Hall–Kier alpha value is 0.140. The smallest absolute Gasteiger partial charge is 0.241 e. The molecule has 0 saturated heterocycles. The highest BCUT2D eigenvalue weighted by Gasteiger charge is 2.06. The average molecular weight is 262 g/mol. The molecule has 0 spiro atoms. The van der Waals surface area contributed by atoms with E-state index in [-0.39, 0.29) is 0 Å². The molecule has 0 heterocycles.